The number of aryl methyl sites for hydroxylation is 1. The monoisotopic (exact) mass is 590 g/mol. The Kier molecular flexibility index (Phi) is 7.09. The first-order chi connectivity index (χ1) is 22.8. The first-order valence-corrected chi connectivity index (χ1v) is 15.7. The van der Waals surface area contributed by atoms with Gasteiger partial charge in [0.2, 0.25) is 0 Å². The zero-order valence-electron chi connectivity index (χ0n) is 25.6. The van der Waals surface area contributed by atoms with E-state index < -0.39 is 0 Å². The SMILES string of the molecule is Cn1c2c(/C=C/C=C/c3cc(-c4ccccc4)[o+]c(-c4ccccc4)c3)c3ccccc3c-2c(-c2ccccc2)c2ccccc21. The fourth-order valence-corrected chi connectivity index (χ4v) is 6.66. The lowest BCUT2D eigenvalue weighted by Crippen LogP contribution is -2.02. The van der Waals surface area contributed by atoms with Crippen LogP contribution in [0.5, 0.6) is 0 Å². The van der Waals surface area contributed by atoms with E-state index in [1.165, 1.54) is 49.6 Å². The third-order valence-corrected chi connectivity index (χ3v) is 8.76. The molecule has 46 heavy (non-hydrogen) atoms. The molecule has 218 valence electrons. The molecule has 8 rings (SSSR count). The van der Waals surface area contributed by atoms with E-state index >= 15 is 0 Å². The molecule has 0 unspecified atom stereocenters. The number of pyridine rings is 1. The standard InChI is InChI=1S/C44H32NO/c1-45-39-28-16-15-27-38(39)42(34-22-9-4-10-23-34)43-36-25-14-13-24-35(36)37(44(43)45)26-12-11-17-31-29-40(32-18-5-2-6-19-32)46-41(30-31)33-20-7-3-8-21-33/h2-30H,1H3/q+1/b17-11+,26-12+. The normalized spacial score (nSPS) is 11.8. The average molecular weight is 591 g/mol. The minimum atomic E-state index is 0.839. The summed E-state index contributed by atoms with van der Waals surface area (Å²) in [6, 6.07) is 53.1. The van der Waals surface area contributed by atoms with E-state index in [-0.39, 0.29) is 0 Å². The Morgan fingerprint density at radius 2 is 0.978 bits per heavy atom. The van der Waals surface area contributed by atoms with E-state index in [4.69, 9.17) is 4.42 Å². The van der Waals surface area contributed by atoms with Crippen molar-refractivity contribution in [2.45, 2.75) is 0 Å². The maximum absolute atomic E-state index is 6.39. The van der Waals surface area contributed by atoms with E-state index in [2.05, 4.69) is 151 Å². The number of nitrogens with zero attached hydrogens (tertiary/aromatic N) is 1. The molecule has 5 aromatic carbocycles. The minimum Gasteiger partial charge on any atom is -0.343 e. The lowest BCUT2D eigenvalue weighted by Gasteiger charge is -2.20. The summed E-state index contributed by atoms with van der Waals surface area (Å²) in [5.41, 5.74) is 10.6. The van der Waals surface area contributed by atoms with Crippen LogP contribution >= 0.6 is 0 Å². The Hall–Kier alpha value is -5.99. The van der Waals surface area contributed by atoms with Crippen LogP contribution in [0.4, 0.5) is 0 Å². The van der Waals surface area contributed by atoms with Gasteiger partial charge in [0.15, 0.2) is 0 Å². The second-order valence-corrected chi connectivity index (χ2v) is 11.6. The van der Waals surface area contributed by atoms with E-state index in [1.54, 1.807) is 0 Å². The first-order valence-electron chi connectivity index (χ1n) is 15.7. The Balaban J connectivity index is 1.26. The van der Waals surface area contributed by atoms with Crippen LogP contribution in [0.3, 0.4) is 0 Å². The number of hydrogen-bond acceptors (Lipinski definition) is 0. The number of fused-ring (bicyclic) bond motifs is 4. The average Bonchev–Trinajstić information content (AvgIpc) is 3.45. The van der Waals surface area contributed by atoms with Crippen molar-refractivity contribution in [3.8, 4) is 45.0 Å². The van der Waals surface area contributed by atoms with Crippen molar-refractivity contribution in [3.63, 3.8) is 0 Å². The van der Waals surface area contributed by atoms with E-state index in [0.29, 0.717) is 0 Å². The quantitative estimate of drug-likeness (QED) is 0.139. The third-order valence-electron chi connectivity index (χ3n) is 8.76. The number of aromatic nitrogens is 1. The number of para-hydroxylation sites is 1. The van der Waals surface area contributed by atoms with Crippen molar-refractivity contribution in [1.29, 1.82) is 0 Å². The molecule has 0 saturated carbocycles. The van der Waals surface area contributed by atoms with Crippen LogP contribution in [0.1, 0.15) is 11.1 Å². The van der Waals surface area contributed by atoms with Crippen LogP contribution in [-0.2, 0) is 7.05 Å². The van der Waals surface area contributed by atoms with Crippen LogP contribution < -0.4 is 0 Å². The highest BCUT2D eigenvalue weighted by Crippen LogP contribution is 2.48. The Labute approximate surface area is 269 Å². The fourth-order valence-electron chi connectivity index (χ4n) is 6.66. The molecule has 0 N–H and O–H groups in total. The molecular formula is C44H32NO+. The van der Waals surface area contributed by atoms with E-state index in [1.807, 2.05) is 36.4 Å². The molecule has 0 atom stereocenters. The highest BCUT2D eigenvalue weighted by Gasteiger charge is 2.25. The topological polar surface area (TPSA) is 16.2 Å². The lowest BCUT2D eigenvalue weighted by molar-refractivity contribution is 0.581. The molecule has 0 fully saturated rings. The van der Waals surface area contributed by atoms with Crippen LogP contribution in [0.25, 0.3) is 78.9 Å². The molecule has 2 aliphatic rings. The van der Waals surface area contributed by atoms with Gasteiger partial charge >= 0.3 is 11.5 Å². The molecule has 0 spiro atoms. The summed E-state index contributed by atoms with van der Waals surface area (Å²) in [6.07, 6.45) is 8.70. The van der Waals surface area contributed by atoms with Crippen molar-refractivity contribution >= 4 is 33.8 Å². The van der Waals surface area contributed by atoms with Gasteiger partial charge in [-0.05, 0) is 52.2 Å². The van der Waals surface area contributed by atoms with Crippen LogP contribution in [-0.4, -0.2) is 4.57 Å². The van der Waals surface area contributed by atoms with Gasteiger partial charge in [-0.1, -0.05) is 133 Å². The largest absolute Gasteiger partial charge is 0.361 e. The van der Waals surface area contributed by atoms with Crippen LogP contribution in [0.15, 0.2) is 168 Å². The Bertz CT molecular complexity index is 2290. The molecule has 6 aromatic rings. The van der Waals surface area contributed by atoms with Crippen molar-refractivity contribution in [1.82, 2.24) is 4.57 Å². The summed E-state index contributed by atoms with van der Waals surface area (Å²) in [5, 5.41) is 3.78. The van der Waals surface area contributed by atoms with Crippen molar-refractivity contribution < 1.29 is 4.42 Å². The summed E-state index contributed by atoms with van der Waals surface area (Å²) in [4.78, 5) is 0. The second-order valence-electron chi connectivity index (χ2n) is 11.6. The summed E-state index contributed by atoms with van der Waals surface area (Å²) in [7, 11) is 2.19. The zero-order valence-corrected chi connectivity index (χ0v) is 25.6. The lowest BCUT2D eigenvalue weighted by atomic mass is 9.92. The summed E-state index contributed by atoms with van der Waals surface area (Å²) < 4.78 is 8.75. The summed E-state index contributed by atoms with van der Waals surface area (Å²) in [6.45, 7) is 0. The highest BCUT2D eigenvalue weighted by molar-refractivity contribution is 6.18. The molecule has 0 saturated heterocycles. The maximum Gasteiger partial charge on any atom is 0.361 e. The minimum absolute atomic E-state index is 0.839. The van der Waals surface area contributed by atoms with E-state index in [9.17, 15) is 0 Å². The van der Waals surface area contributed by atoms with E-state index in [0.717, 1.165) is 28.2 Å². The van der Waals surface area contributed by atoms with Gasteiger partial charge in [-0.15, -0.1) is 0 Å². The molecule has 1 aromatic heterocycles. The maximum atomic E-state index is 6.39. The summed E-state index contributed by atoms with van der Waals surface area (Å²) in [5.74, 6) is 1.68. The van der Waals surface area contributed by atoms with Gasteiger partial charge in [-0.2, -0.15) is 0 Å². The van der Waals surface area contributed by atoms with Crippen molar-refractivity contribution in [3.05, 3.63) is 175 Å². The first kappa shape index (κ1) is 27.6. The predicted octanol–water partition coefficient (Wildman–Crippen LogP) is 12.0. The van der Waals surface area contributed by atoms with Gasteiger partial charge in [0, 0.05) is 34.6 Å². The molecular weight excluding hydrogens is 558 g/mol. The van der Waals surface area contributed by atoms with Crippen LogP contribution in [0, 0.1) is 0 Å². The molecule has 2 heteroatoms. The van der Waals surface area contributed by atoms with Gasteiger partial charge in [-0.25, -0.2) is 4.42 Å². The molecule has 1 aliphatic carbocycles. The number of rotatable bonds is 6. The molecule has 0 bridgehead atoms. The highest BCUT2D eigenvalue weighted by atomic mass is 16.3. The van der Waals surface area contributed by atoms with Crippen LogP contribution in [0.2, 0.25) is 0 Å². The second kappa shape index (κ2) is 11.8. The Morgan fingerprint density at radius 1 is 0.478 bits per heavy atom. The van der Waals surface area contributed by atoms with Crippen molar-refractivity contribution in [2.75, 3.05) is 0 Å². The van der Waals surface area contributed by atoms with Gasteiger partial charge < -0.3 is 4.57 Å². The molecule has 2 nitrogen and oxygen atoms in total. The molecule has 2 heterocycles. The summed E-state index contributed by atoms with van der Waals surface area (Å²) >= 11 is 0. The van der Waals surface area contributed by atoms with Gasteiger partial charge in [0.25, 0.3) is 0 Å². The number of benzene rings is 5. The van der Waals surface area contributed by atoms with Gasteiger partial charge in [0.1, 0.15) is 0 Å². The van der Waals surface area contributed by atoms with Gasteiger partial charge in [-0.3, -0.25) is 0 Å². The number of allylic oxidation sites excluding steroid dienone is 2. The smallest absolute Gasteiger partial charge is 0.343 e. The van der Waals surface area contributed by atoms with Gasteiger partial charge in [0.05, 0.1) is 29.0 Å². The molecule has 1 aliphatic heterocycles. The third kappa shape index (κ3) is 4.91. The molecule has 0 amide bonds. The molecule has 0 radical (unpaired) electrons. The van der Waals surface area contributed by atoms with Crippen molar-refractivity contribution in [2.24, 2.45) is 7.05 Å². The fraction of sp³-hybridized carbons (Fsp3) is 0.0227. The predicted molar refractivity (Wildman–Crippen MR) is 195 cm³/mol. The zero-order chi connectivity index (χ0) is 30.9. The Morgan fingerprint density at radius 3 is 1.61 bits per heavy atom. The number of hydrogen-bond donors (Lipinski definition) is 0.